The molecule has 0 bridgehead atoms. The lowest BCUT2D eigenvalue weighted by Crippen LogP contribution is -2.36. The van der Waals surface area contributed by atoms with Crippen LogP contribution in [-0.2, 0) is 9.59 Å². The van der Waals surface area contributed by atoms with Crippen LogP contribution in [0.5, 0.6) is 0 Å². The van der Waals surface area contributed by atoms with Crippen molar-refractivity contribution in [3.63, 3.8) is 0 Å². The third-order valence-electron chi connectivity index (χ3n) is 3.91. The summed E-state index contributed by atoms with van der Waals surface area (Å²) >= 11 is 0. The van der Waals surface area contributed by atoms with Crippen molar-refractivity contribution in [2.45, 2.75) is 52.4 Å². The highest BCUT2D eigenvalue weighted by atomic mass is 16.4. The van der Waals surface area contributed by atoms with Crippen molar-refractivity contribution >= 4 is 11.9 Å². The van der Waals surface area contributed by atoms with Crippen molar-refractivity contribution in [3.05, 3.63) is 12.2 Å². The Balaban J connectivity index is 2.70. The first kappa shape index (κ1) is 15.7. The number of hydrogen-bond donors (Lipinski definition) is 1. The third kappa shape index (κ3) is 4.69. The molecule has 0 aromatic heterocycles. The van der Waals surface area contributed by atoms with Gasteiger partial charge in [0.2, 0.25) is 5.91 Å². The quantitative estimate of drug-likeness (QED) is 0.722. The Bertz CT molecular complexity index is 356. The van der Waals surface area contributed by atoms with E-state index in [1.807, 2.05) is 13.8 Å². The molecule has 0 saturated heterocycles. The summed E-state index contributed by atoms with van der Waals surface area (Å²) in [4.78, 5) is 25.1. The second kappa shape index (κ2) is 6.73. The molecule has 1 rings (SSSR count). The summed E-state index contributed by atoms with van der Waals surface area (Å²) in [5, 5.41) is 9.05. The second-order valence-electron chi connectivity index (χ2n) is 5.82. The Hall–Kier alpha value is -1.32. The van der Waals surface area contributed by atoms with Gasteiger partial charge < -0.3 is 10.0 Å². The molecule has 4 heteroatoms. The molecule has 0 radical (unpaired) electrons. The van der Waals surface area contributed by atoms with Crippen molar-refractivity contribution in [3.8, 4) is 0 Å². The first-order chi connectivity index (χ1) is 8.88. The Morgan fingerprint density at radius 1 is 1.26 bits per heavy atom. The van der Waals surface area contributed by atoms with Crippen LogP contribution in [0.25, 0.3) is 0 Å². The van der Waals surface area contributed by atoms with Gasteiger partial charge in [-0.2, -0.15) is 0 Å². The van der Waals surface area contributed by atoms with Crippen LogP contribution in [0, 0.1) is 5.41 Å². The number of aliphatic carboxylic acids is 1. The monoisotopic (exact) mass is 267 g/mol. The molecule has 0 spiro atoms. The van der Waals surface area contributed by atoms with Crippen molar-refractivity contribution in [2.75, 3.05) is 13.1 Å². The van der Waals surface area contributed by atoms with Crippen LogP contribution >= 0.6 is 0 Å². The predicted molar refractivity (Wildman–Crippen MR) is 74.8 cm³/mol. The average molecular weight is 267 g/mol. The molecule has 1 saturated carbocycles. The van der Waals surface area contributed by atoms with Gasteiger partial charge in [0.05, 0.1) is 6.42 Å². The number of carboxylic acid groups (broad SMARTS) is 1. The molecule has 0 unspecified atom stereocenters. The summed E-state index contributed by atoms with van der Waals surface area (Å²) in [5.41, 5.74) is 0.639. The number of likely N-dealkylation sites (N-methyl/N-ethyl adjacent to an activating group) is 1. The molecule has 19 heavy (non-hydrogen) atoms. The predicted octanol–water partition coefficient (Wildman–Crippen LogP) is 2.84. The minimum absolute atomic E-state index is 0.0636. The lowest BCUT2D eigenvalue weighted by atomic mass is 9.79. The fourth-order valence-electron chi connectivity index (χ4n) is 3.00. The lowest BCUT2D eigenvalue weighted by molar-refractivity contribution is -0.141. The van der Waals surface area contributed by atoms with E-state index in [-0.39, 0.29) is 17.7 Å². The SMILES string of the molecule is C=C(C)CN(CC)C(=O)CC1(CC(=O)O)CCCC1. The maximum absolute atomic E-state index is 12.3. The molecule has 108 valence electrons. The average Bonchev–Trinajstić information content (AvgIpc) is 2.72. The highest BCUT2D eigenvalue weighted by Crippen LogP contribution is 2.44. The van der Waals surface area contributed by atoms with Gasteiger partial charge in [0, 0.05) is 19.5 Å². The fourth-order valence-corrected chi connectivity index (χ4v) is 3.00. The van der Waals surface area contributed by atoms with Gasteiger partial charge in [-0.05, 0) is 32.1 Å². The molecular weight excluding hydrogens is 242 g/mol. The van der Waals surface area contributed by atoms with Gasteiger partial charge in [-0.3, -0.25) is 9.59 Å². The van der Waals surface area contributed by atoms with Gasteiger partial charge in [-0.25, -0.2) is 0 Å². The number of carbonyl (C=O) groups excluding carboxylic acids is 1. The van der Waals surface area contributed by atoms with E-state index in [2.05, 4.69) is 6.58 Å². The molecule has 1 amide bonds. The minimum atomic E-state index is -0.794. The number of carboxylic acids is 1. The van der Waals surface area contributed by atoms with Crippen LogP contribution in [0.4, 0.5) is 0 Å². The zero-order valence-corrected chi connectivity index (χ0v) is 12.1. The van der Waals surface area contributed by atoms with Crippen molar-refractivity contribution in [1.29, 1.82) is 0 Å². The third-order valence-corrected chi connectivity index (χ3v) is 3.91. The van der Waals surface area contributed by atoms with Gasteiger partial charge in [0.1, 0.15) is 0 Å². The van der Waals surface area contributed by atoms with E-state index < -0.39 is 5.97 Å². The number of amides is 1. The van der Waals surface area contributed by atoms with Crippen molar-refractivity contribution in [1.82, 2.24) is 4.90 Å². The van der Waals surface area contributed by atoms with Crippen LogP contribution in [0.1, 0.15) is 52.4 Å². The minimum Gasteiger partial charge on any atom is -0.481 e. The molecule has 1 aliphatic rings. The molecular formula is C15H25NO3. The molecule has 0 aromatic rings. The van der Waals surface area contributed by atoms with Gasteiger partial charge in [0.25, 0.3) is 0 Å². The Labute approximate surface area is 115 Å². The molecule has 0 atom stereocenters. The summed E-state index contributed by atoms with van der Waals surface area (Å²) in [7, 11) is 0. The maximum Gasteiger partial charge on any atom is 0.303 e. The molecule has 1 N–H and O–H groups in total. The second-order valence-corrected chi connectivity index (χ2v) is 5.82. The van der Waals surface area contributed by atoms with Crippen LogP contribution in [0.15, 0.2) is 12.2 Å². The molecule has 0 aromatic carbocycles. The van der Waals surface area contributed by atoms with E-state index in [0.29, 0.717) is 19.5 Å². The summed E-state index contributed by atoms with van der Waals surface area (Å²) < 4.78 is 0. The van der Waals surface area contributed by atoms with Crippen molar-refractivity contribution < 1.29 is 14.7 Å². The van der Waals surface area contributed by atoms with E-state index in [1.54, 1.807) is 4.90 Å². The van der Waals surface area contributed by atoms with Crippen LogP contribution in [0.2, 0.25) is 0 Å². The normalized spacial score (nSPS) is 17.2. The van der Waals surface area contributed by atoms with E-state index in [0.717, 1.165) is 31.3 Å². The van der Waals surface area contributed by atoms with E-state index in [9.17, 15) is 9.59 Å². The van der Waals surface area contributed by atoms with Gasteiger partial charge in [-0.15, -0.1) is 0 Å². The Morgan fingerprint density at radius 2 is 1.84 bits per heavy atom. The highest BCUT2D eigenvalue weighted by Gasteiger charge is 2.38. The largest absolute Gasteiger partial charge is 0.481 e. The molecule has 1 fully saturated rings. The molecule has 0 aliphatic heterocycles. The van der Waals surface area contributed by atoms with E-state index >= 15 is 0 Å². The maximum atomic E-state index is 12.3. The smallest absolute Gasteiger partial charge is 0.303 e. The van der Waals surface area contributed by atoms with E-state index in [4.69, 9.17) is 5.11 Å². The van der Waals surface area contributed by atoms with E-state index in [1.165, 1.54) is 0 Å². The Kier molecular flexibility index (Phi) is 5.58. The summed E-state index contributed by atoms with van der Waals surface area (Å²) in [6.45, 7) is 8.90. The van der Waals surface area contributed by atoms with Gasteiger partial charge in [0.15, 0.2) is 0 Å². The van der Waals surface area contributed by atoms with Crippen LogP contribution in [0.3, 0.4) is 0 Å². The number of carbonyl (C=O) groups is 2. The van der Waals surface area contributed by atoms with Gasteiger partial charge in [-0.1, -0.05) is 25.0 Å². The van der Waals surface area contributed by atoms with Crippen LogP contribution < -0.4 is 0 Å². The first-order valence-electron chi connectivity index (χ1n) is 7.02. The standard InChI is InChI=1S/C15H25NO3/c1-4-16(11-12(2)3)13(17)9-15(10-14(18)19)7-5-6-8-15/h2,4-11H2,1,3H3,(H,18,19). The van der Waals surface area contributed by atoms with Gasteiger partial charge >= 0.3 is 5.97 Å². The number of hydrogen-bond acceptors (Lipinski definition) is 2. The zero-order valence-electron chi connectivity index (χ0n) is 12.1. The molecule has 0 heterocycles. The van der Waals surface area contributed by atoms with Crippen LogP contribution in [-0.4, -0.2) is 35.0 Å². The summed E-state index contributed by atoms with van der Waals surface area (Å²) in [6, 6.07) is 0. The number of nitrogens with zero attached hydrogens (tertiary/aromatic N) is 1. The zero-order chi connectivity index (χ0) is 14.5. The lowest BCUT2D eigenvalue weighted by Gasteiger charge is -2.30. The molecule has 1 aliphatic carbocycles. The highest BCUT2D eigenvalue weighted by molar-refractivity contribution is 5.78. The first-order valence-corrected chi connectivity index (χ1v) is 7.02. The topological polar surface area (TPSA) is 57.6 Å². The summed E-state index contributed by atoms with van der Waals surface area (Å²) in [6.07, 6.45) is 4.26. The summed E-state index contributed by atoms with van der Waals surface area (Å²) in [5.74, 6) is -0.730. The number of rotatable bonds is 7. The fraction of sp³-hybridized carbons (Fsp3) is 0.733. The molecule has 4 nitrogen and oxygen atoms in total. The van der Waals surface area contributed by atoms with Crippen molar-refractivity contribution in [2.24, 2.45) is 5.41 Å². The Morgan fingerprint density at radius 3 is 2.26 bits per heavy atom.